The molecule has 0 aliphatic carbocycles. The van der Waals surface area contributed by atoms with Crippen LogP contribution in [0.15, 0.2) is 0 Å². The van der Waals surface area contributed by atoms with Crippen LogP contribution in [0.1, 0.15) is 54.4 Å². The first-order valence-electron chi connectivity index (χ1n) is 10.6. The van der Waals surface area contributed by atoms with Gasteiger partial charge in [0.1, 0.15) is 17.7 Å². The summed E-state index contributed by atoms with van der Waals surface area (Å²) in [6, 6.07) is 1.02. The highest BCUT2D eigenvalue weighted by Crippen LogP contribution is 2.33. The van der Waals surface area contributed by atoms with E-state index in [4.69, 9.17) is 13.9 Å². The van der Waals surface area contributed by atoms with Crippen LogP contribution in [0.3, 0.4) is 0 Å². The minimum Gasteiger partial charge on any atom is -0.467 e. The molecule has 0 aromatic carbocycles. The Kier molecular flexibility index (Phi) is 13.2. The molecule has 6 nitrogen and oxygen atoms in total. The molecular weight excluding hydrogens is 451 g/mol. The quantitative estimate of drug-likeness (QED) is 0.209. The number of ether oxygens (including phenoxy) is 2. The Bertz CT molecular complexity index is 546. The largest absolute Gasteiger partial charge is 0.467 e. The predicted octanol–water partition coefficient (Wildman–Crippen LogP) is 5.52. The van der Waals surface area contributed by atoms with E-state index in [0.29, 0.717) is 23.9 Å². The predicted molar refractivity (Wildman–Crippen MR) is 120 cm³/mol. The number of hydrogen-bond acceptors (Lipinski definition) is 6. The third-order valence-corrected chi connectivity index (χ3v) is 10.6. The van der Waals surface area contributed by atoms with Gasteiger partial charge in [0, 0.05) is 0 Å². The van der Waals surface area contributed by atoms with Gasteiger partial charge in [0.05, 0.1) is 7.11 Å². The Morgan fingerprint density at radius 1 is 1.00 bits per heavy atom. The fourth-order valence-corrected chi connectivity index (χ4v) is 6.77. The van der Waals surface area contributed by atoms with E-state index in [9.17, 15) is 22.8 Å². The summed E-state index contributed by atoms with van der Waals surface area (Å²) < 4.78 is 56.0. The summed E-state index contributed by atoms with van der Waals surface area (Å²) in [4.78, 5) is 23.8. The van der Waals surface area contributed by atoms with Crippen LogP contribution in [-0.4, -0.2) is 62.9 Å². The summed E-state index contributed by atoms with van der Waals surface area (Å²) in [5.74, 6) is -0.0305. The summed E-state index contributed by atoms with van der Waals surface area (Å²) in [6.45, 7) is 10.8. The van der Waals surface area contributed by atoms with Crippen LogP contribution in [0.2, 0.25) is 18.1 Å². The SMILES string of the molecule is CC[Si](CC)(CC)O[C@H](CCSCC[C@H](NC(=O)OC(C)(C)C)C(=O)OC)C(F)(F)F. The van der Waals surface area contributed by atoms with Gasteiger partial charge in [0.25, 0.3) is 0 Å². The minimum atomic E-state index is -4.41. The molecule has 0 radical (unpaired) electrons. The first-order valence-corrected chi connectivity index (χ1v) is 14.3. The van der Waals surface area contributed by atoms with Gasteiger partial charge in [-0.05, 0) is 63.3 Å². The molecule has 0 aromatic heterocycles. The molecule has 0 unspecified atom stereocenters. The number of hydrogen-bond donors (Lipinski definition) is 1. The molecular formula is C20H38F3NO5SSi. The number of methoxy groups -OCH3 is 1. The average Bonchev–Trinajstić information content (AvgIpc) is 2.66. The lowest BCUT2D eigenvalue weighted by Crippen LogP contribution is -2.45. The van der Waals surface area contributed by atoms with Crippen LogP contribution in [0.4, 0.5) is 18.0 Å². The zero-order valence-electron chi connectivity index (χ0n) is 19.7. The third-order valence-electron chi connectivity index (χ3n) is 4.94. The van der Waals surface area contributed by atoms with Gasteiger partial charge in [-0.25, -0.2) is 9.59 Å². The van der Waals surface area contributed by atoms with Crippen molar-refractivity contribution in [3.8, 4) is 0 Å². The lowest BCUT2D eigenvalue weighted by molar-refractivity contribution is -0.198. The van der Waals surface area contributed by atoms with E-state index in [1.165, 1.54) is 18.9 Å². The number of esters is 1. The lowest BCUT2D eigenvalue weighted by atomic mass is 10.2. The second-order valence-electron chi connectivity index (χ2n) is 8.30. The van der Waals surface area contributed by atoms with Crippen molar-refractivity contribution in [3.63, 3.8) is 0 Å². The molecule has 0 aromatic rings. The molecule has 31 heavy (non-hydrogen) atoms. The van der Waals surface area contributed by atoms with Gasteiger partial charge in [0.15, 0.2) is 8.32 Å². The van der Waals surface area contributed by atoms with Crippen LogP contribution >= 0.6 is 11.8 Å². The fourth-order valence-electron chi connectivity index (χ4n) is 2.93. The van der Waals surface area contributed by atoms with E-state index in [1.807, 2.05) is 20.8 Å². The van der Waals surface area contributed by atoms with Crippen LogP contribution in [0, 0.1) is 0 Å². The number of carbonyl (C=O) groups is 2. The number of alkyl halides is 3. The lowest BCUT2D eigenvalue weighted by Gasteiger charge is -2.34. The summed E-state index contributed by atoms with van der Waals surface area (Å²) in [5.41, 5.74) is -0.722. The minimum absolute atomic E-state index is 0.148. The van der Waals surface area contributed by atoms with Crippen LogP contribution < -0.4 is 5.32 Å². The van der Waals surface area contributed by atoms with Crippen molar-refractivity contribution in [2.45, 2.75) is 96.4 Å². The Labute approximate surface area is 189 Å². The molecule has 0 bridgehead atoms. The molecule has 0 saturated carbocycles. The number of carbonyl (C=O) groups excluding carboxylic acids is 2. The molecule has 1 amide bonds. The standard InChI is InChI=1S/C20H38F3NO5SSi/c1-8-31(9-2,10-3)29-16(20(21,22)23)12-14-30-13-11-15(17(25)27-7)24-18(26)28-19(4,5)6/h15-16H,8-14H2,1-7H3,(H,24,26)/t15-,16+/m0/s1. The number of nitrogens with one attached hydrogen (secondary N) is 1. The van der Waals surface area contributed by atoms with Crippen molar-refractivity contribution in [2.75, 3.05) is 18.6 Å². The molecule has 0 fully saturated rings. The fraction of sp³-hybridized carbons (Fsp3) is 0.900. The molecule has 2 atom stereocenters. The zero-order valence-corrected chi connectivity index (χ0v) is 21.5. The van der Waals surface area contributed by atoms with Gasteiger partial charge in [0.2, 0.25) is 0 Å². The second-order valence-corrected chi connectivity index (χ2v) is 14.3. The highest BCUT2D eigenvalue weighted by atomic mass is 32.2. The monoisotopic (exact) mass is 489 g/mol. The number of rotatable bonds is 13. The van der Waals surface area contributed by atoms with Gasteiger partial charge in [-0.3, -0.25) is 0 Å². The van der Waals surface area contributed by atoms with Crippen molar-refractivity contribution in [1.82, 2.24) is 5.32 Å². The first kappa shape index (κ1) is 30.1. The summed E-state index contributed by atoms with van der Waals surface area (Å²) >= 11 is 1.28. The van der Waals surface area contributed by atoms with E-state index >= 15 is 0 Å². The summed E-state index contributed by atoms with van der Waals surface area (Å²) in [5, 5.41) is 2.45. The molecule has 184 valence electrons. The Morgan fingerprint density at radius 2 is 1.52 bits per heavy atom. The van der Waals surface area contributed by atoms with E-state index in [2.05, 4.69) is 5.32 Å². The number of amides is 1. The van der Waals surface area contributed by atoms with Gasteiger partial charge in [-0.1, -0.05) is 20.8 Å². The number of alkyl carbamates (subject to hydrolysis) is 1. The van der Waals surface area contributed by atoms with Gasteiger partial charge in [-0.15, -0.1) is 0 Å². The zero-order chi connectivity index (χ0) is 24.3. The Hall–Kier alpha value is -0.943. The molecule has 0 rings (SSSR count). The molecule has 0 heterocycles. The summed E-state index contributed by atoms with van der Waals surface area (Å²) in [6.07, 6.45) is -6.87. The normalized spacial score (nSPS) is 14.6. The Morgan fingerprint density at radius 3 is 1.94 bits per heavy atom. The smallest absolute Gasteiger partial charge is 0.413 e. The van der Waals surface area contributed by atoms with Crippen molar-refractivity contribution >= 4 is 32.1 Å². The first-order chi connectivity index (χ1) is 14.2. The van der Waals surface area contributed by atoms with Crippen molar-refractivity contribution in [2.24, 2.45) is 0 Å². The van der Waals surface area contributed by atoms with Gasteiger partial charge >= 0.3 is 18.2 Å². The van der Waals surface area contributed by atoms with Crippen molar-refractivity contribution in [3.05, 3.63) is 0 Å². The van der Waals surface area contributed by atoms with E-state index < -0.39 is 44.3 Å². The molecule has 11 heteroatoms. The van der Waals surface area contributed by atoms with Crippen molar-refractivity contribution < 1.29 is 36.7 Å². The van der Waals surface area contributed by atoms with E-state index in [1.54, 1.807) is 20.8 Å². The van der Waals surface area contributed by atoms with Gasteiger partial charge < -0.3 is 19.2 Å². The van der Waals surface area contributed by atoms with E-state index in [0.717, 1.165) is 0 Å². The molecule has 0 aliphatic heterocycles. The third kappa shape index (κ3) is 12.0. The molecule has 0 spiro atoms. The highest BCUT2D eigenvalue weighted by Gasteiger charge is 2.45. The molecule has 1 N–H and O–H groups in total. The second kappa shape index (κ2) is 13.6. The highest BCUT2D eigenvalue weighted by molar-refractivity contribution is 7.99. The van der Waals surface area contributed by atoms with Crippen LogP contribution in [-0.2, 0) is 18.7 Å². The maximum absolute atomic E-state index is 13.5. The maximum Gasteiger partial charge on any atom is 0.413 e. The maximum atomic E-state index is 13.5. The van der Waals surface area contributed by atoms with Gasteiger partial charge in [-0.2, -0.15) is 24.9 Å². The summed E-state index contributed by atoms with van der Waals surface area (Å²) in [7, 11) is -1.18. The average molecular weight is 490 g/mol. The van der Waals surface area contributed by atoms with Crippen LogP contribution in [0.5, 0.6) is 0 Å². The van der Waals surface area contributed by atoms with Crippen LogP contribution in [0.25, 0.3) is 0 Å². The number of halogens is 3. The Balaban J connectivity index is 4.75. The molecule has 0 aliphatic rings. The van der Waals surface area contributed by atoms with E-state index in [-0.39, 0.29) is 18.6 Å². The molecule has 0 saturated heterocycles. The number of thioether (sulfide) groups is 1. The topological polar surface area (TPSA) is 73.9 Å². The van der Waals surface area contributed by atoms with Crippen molar-refractivity contribution in [1.29, 1.82) is 0 Å².